The van der Waals surface area contributed by atoms with Gasteiger partial charge in [-0.2, -0.15) is 0 Å². The Morgan fingerprint density at radius 1 is 1.31 bits per heavy atom. The Hall–Kier alpha value is -4.00. The molecule has 2 atom stereocenters. The number of benzene rings is 1. The zero-order valence-electron chi connectivity index (χ0n) is 19.5. The van der Waals surface area contributed by atoms with Crippen molar-refractivity contribution in [1.29, 1.82) is 0 Å². The molecule has 2 unspecified atom stereocenters. The van der Waals surface area contributed by atoms with Crippen LogP contribution in [0.3, 0.4) is 0 Å². The Bertz CT molecular complexity index is 1410. The number of amides is 2. The minimum Gasteiger partial charge on any atom is -0.501 e. The molecule has 1 fully saturated rings. The molecule has 2 aromatic heterocycles. The number of rotatable bonds is 6. The van der Waals surface area contributed by atoms with Crippen LogP contribution >= 0.6 is 0 Å². The van der Waals surface area contributed by atoms with Gasteiger partial charge < -0.3 is 15.3 Å². The van der Waals surface area contributed by atoms with Gasteiger partial charge in [0.05, 0.1) is 23.0 Å². The number of likely N-dealkylation sites (tertiary alicyclic amines) is 1. The molecule has 0 spiro atoms. The molecule has 1 saturated heterocycles. The van der Waals surface area contributed by atoms with Crippen molar-refractivity contribution in [3.05, 3.63) is 75.7 Å². The molecule has 13 heteroatoms. The number of carbonyl (C=O) groups is 2. The van der Waals surface area contributed by atoms with Gasteiger partial charge in [0, 0.05) is 43.7 Å². The summed E-state index contributed by atoms with van der Waals surface area (Å²) in [6.07, 6.45) is 6.69. The molecule has 1 aromatic carbocycles. The van der Waals surface area contributed by atoms with E-state index in [0.29, 0.717) is 24.9 Å². The van der Waals surface area contributed by atoms with Gasteiger partial charge >= 0.3 is 0 Å². The molecule has 1 aliphatic rings. The van der Waals surface area contributed by atoms with Crippen molar-refractivity contribution < 1.29 is 23.3 Å². The molecule has 3 heterocycles. The van der Waals surface area contributed by atoms with E-state index in [-0.39, 0.29) is 23.0 Å². The van der Waals surface area contributed by atoms with Crippen LogP contribution in [-0.4, -0.2) is 58.3 Å². The summed E-state index contributed by atoms with van der Waals surface area (Å²) in [4.78, 5) is 52.6. The third kappa shape index (κ3) is 4.87. The second kappa shape index (κ2) is 10.3. The van der Waals surface area contributed by atoms with Crippen LogP contribution in [0.1, 0.15) is 51.2 Å². The maximum absolute atomic E-state index is 13.6. The molecule has 2 N–H and O–H groups in total. The van der Waals surface area contributed by atoms with Gasteiger partial charge in [-0.3, -0.25) is 28.1 Å². The van der Waals surface area contributed by atoms with Gasteiger partial charge in [-0.15, -0.1) is 0 Å². The number of hydrogen-bond donors (Lipinski definition) is 2. The molecule has 0 bridgehead atoms. The van der Waals surface area contributed by atoms with Crippen LogP contribution < -0.4 is 10.9 Å². The first kappa shape index (κ1) is 25.1. The molecule has 11 nitrogen and oxygen atoms in total. The topological polar surface area (TPSA) is 147 Å². The van der Waals surface area contributed by atoms with Gasteiger partial charge in [0.1, 0.15) is 17.3 Å². The van der Waals surface area contributed by atoms with Crippen molar-refractivity contribution in [3.63, 3.8) is 0 Å². The van der Waals surface area contributed by atoms with E-state index in [9.17, 15) is 28.1 Å². The molecule has 1 aliphatic heterocycles. The largest absolute Gasteiger partial charge is 0.501 e. The fourth-order valence-corrected chi connectivity index (χ4v) is 4.89. The summed E-state index contributed by atoms with van der Waals surface area (Å²) >= 11 is 0. The van der Waals surface area contributed by atoms with Crippen LogP contribution in [0, 0.1) is 5.82 Å². The summed E-state index contributed by atoms with van der Waals surface area (Å²) in [5.74, 6) is -2.52. The number of hydrogen-bond acceptors (Lipinski definition) is 8. The number of nitrogens with one attached hydrogen (secondary N) is 1. The predicted octanol–water partition coefficient (Wildman–Crippen LogP) is 1.06. The Morgan fingerprint density at radius 2 is 2.08 bits per heavy atom. The first-order valence-corrected chi connectivity index (χ1v) is 12.5. The van der Waals surface area contributed by atoms with E-state index < -0.39 is 51.5 Å². The number of aromatic nitrogens is 4. The molecule has 0 saturated carbocycles. The van der Waals surface area contributed by atoms with E-state index in [1.165, 1.54) is 48.9 Å². The van der Waals surface area contributed by atoms with Crippen LogP contribution in [-0.2, 0) is 24.4 Å². The van der Waals surface area contributed by atoms with Crippen LogP contribution in [0.4, 0.5) is 4.39 Å². The highest BCUT2D eigenvalue weighted by Crippen LogP contribution is 2.32. The molecule has 4 rings (SSSR count). The van der Waals surface area contributed by atoms with E-state index in [1.54, 1.807) is 0 Å². The molecule has 36 heavy (non-hydrogen) atoms. The lowest BCUT2D eigenvalue weighted by molar-refractivity contribution is 0.0720. The van der Waals surface area contributed by atoms with E-state index in [0.717, 1.165) is 10.6 Å². The first-order valence-electron chi connectivity index (χ1n) is 11.0. The standard InChI is InChI=1S/C23H23FN6O5S/c1-29-20(16-4-3-9-30(16)22(33)15-12-25-7-8-26-15)28-18(19(31)23(29)34)21(32)27-11-13-5-6-14(24)10-17(13)36(2)35/h5-8,10,12,16,31H,3-4,9,11H2,1-2H3,(H,27,32). The van der Waals surface area contributed by atoms with Crippen molar-refractivity contribution in [2.45, 2.75) is 30.3 Å². The number of halogens is 1. The molecular formula is C23H23FN6O5S. The van der Waals surface area contributed by atoms with Crippen molar-refractivity contribution >= 4 is 22.6 Å². The molecule has 0 aliphatic carbocycles. The monoisotopic (exact) mass is 514 g/mol. The van der Waals surface area contributed by atoms with E-state index in [2.05, 4.69) is 20.3 Å². The smallest absolute Gasteiger partial charge is 0.296 e. The summed E-state index contributed by atoms with van der Waals surface area (Å²) in [5.41, 5.74) is -0.811. The van der Waals surface area contributed by atoms with Crippen LogP contribution in [0.15, 0.2) is 46.5 Å². The highest BCUT2D eigenvalue weighted by atomic mass is 32.2. The minimum absolute atomic E-state index is 0.134. The fraction of sp³-hybridized carbons (Fsp3) is 0.304. The molecule has 0 radical (unpaired) electrons. The second-order valence-corrected chi connectivity index (χ2v) is 9.52. The Morgan fingerprint density at radius 3 is 2.78 bits per heavy atom. The maximum Gasteiger partial charge on any atom is 0.296 e. The number of nitrogens with zero attached hydrogens (tertiary/aromatic N) is 5. The van der Waals surface area contributed by atoms with Gasteiger partial charge in [-0.25, -0.2) is 14.4 Å². The average Bonchev–Trinajstić information content (AvgIpc) is 3.36. The van der Waals surface area contributed by atoms with Crippen LogP contribution in [0.5, 0.6) is 5.75 Å². The number of aromatic hydroxyl groups is 1. The second-order valence-electron chi connectivity index (χ2n) is 8.17. The van der Waals surface area contributed by atoms with E-state index in [1.807, 2.05) is 0 Å². The average molecular weight is 515 g/mol. The normalized spacial score (nSPS) is 16.1. The van der Waals surface area contributed by atoms with Crippen molar-refractivity contribution in [2.24, 2.45) is 7.05 Å². The highest BCUT2D eigenvalue weighted by Gasteiger charge is 2.35. The van der Waals surface area contributed by atoms with Crippen molar-refractivity contribution in [3.8, 4) is 5.75 Å². The summed E-state index contributed by atoms with van der Waals surface area (Å²) in [6.45, 7) is 0.250. The lowest BCUT2D eigenvalue weighted by Gasteiger charge is -2.25. The summed E-state index contributed by atoms with van der Waals surface area (Å²) in [7, 11) is -0.108. The van der Waals surface area contributed by atoms with E-state index in [4.69, 9.17) is 0 Å². The molecule has 3 aromatic rings. The summed E-state index contributed by atoms with van der Waals surface area (Å²) in [6, 6.07) is 3.05. The van der Waals surface area contributed by atoms with Gasteiger partial charge in [0.15, 0.2) is 5.69 Å². The third-order valence-corrected chi connectivity index (χ3v) is 6.89. The fourth-order valence-electron chi connectivity index (χ4n) is 4.10. The minimum atomic E-state index is -1.51. The van der Waals surface area contributed by atoms with Crippen LogP contribution in [0.25, 0.3) is 0 Å². The Labute approximate surface area is 207 Å². The van der Waals surface area contributed by atoms with Gasteiger partial charge in [0.25, 0.3) is 17.4 Å². The van der Waals surface area contributed by atoms with E-state index >= 15 is 0 Å². The molecule has 188 valence electrons. The van der Waals surface area contributed by atoms with Crippen molar-refractivity contribution in [1.82, 2.24) is 29.7 Å². The lowest BCUT2D eigenvalue weighted by Crippen LogP contribution is -2.36. The van der Waals surface area contributed by atoms with Gasteiger partial charge in [0.2, 0.25) is 5.75 Å². The highest BCUT2D eigenvalue weighted by molar-refractivity contribution is 7.84. The summed E-state index contributed by atoms with van der Waals surface area (Å²) in [5, 5.41) is 12.9. The van der Waals surface area contributed by atoms with Crippen LogP contribution in [0.2, 0.25) is 0 Å². The van der Waals surface area contributed by atoms with Gasteiger partial charge in [-0.05, 0) is 30.5 Å². The SMILES string of the molecule is Cn1c(C2CCCN2C(=O)c2cnccn2)nc(C(=O)NCc2ccc(F)cc2S(C)=O)c(O)c1=O. The quantitative estimate of drug-likeness (QED) is 0.496. The zero-order valence-corrected chi connectivity index (χ0v) is 20.3. The zero-order chi connectivity index (χ0) is 26.0. The maximum atomic E-state index is 13.6. The Balaban J connectivity index is 1.63. The summed E-state index contributed by atoms with van der Waals surface area (Å²) < 4.78 is 26.6. The van der Waals surface area contributed by atoms with Gasteiger partial charge in [-0.1, -0.05) is 6.07 Å². The first-order chi connectivity index (χ1) is 17.2. The lowest BCUT2D eigenvalue weighted by atomic mass is 10.1. The molecular weight excluding hydrogens is 491 g/mol. The Kier molecular flexibility index (Phi) is 7.20. The predicted molar refractivity (Wildman–Crippen MR) is 126 cm³/mol. The third-order valence-electron chi connectivity index (χ3n) is 5.89. The molecule has 2 amide bonds. The number of carbonyl (C=O) groups excluding carboxylic acids is 2. The van der Waals surface area contributed by atoms with Crippen molar-refractivity contribution in [2.75, 3.05) is 12.8 Å².